The molecule has 2 aromatic heterocycles. The summed E-state index contributed by atoms with van der Waals surface area (Å²) in [5, 5.41) is -0.148. The van der Waals surface area contributed by atoms with E-state index in [1.807, 2.05) is 24.3 Å². The lowest BCUT2D eigenvalue weighted by atomic mass is 10.1. The van der Waals surface area contributed by atoms with E-state index >= 15 is 0 Å². The second-order valence-electron chi connectivity index (χ2n) is 7.64. The molecule has 1 atom stereocenters. The highest BCUT2D eigenvalue weighted by Gasteiger charge is 2.29. The van der Waals surface area contributed by atoms with E-state index in [4.69, 9.17) is 9.47 Å². The van der Waals surface area contributed by atoms with E-state index in [2.05, 4.69) is 4.98 Å². The Hall–Kier alpha value is -2.91. The van der Waals surface area contributed by atoms with Gasteiger partial charge in [0.15, 0.2) is 5.69 Å². The van der Waals surface area contributed by atoms with Crippen LogP contribution in [0.3, 0.4) is 0 Å². The molecule has 1 amide bonds. The van der Waals surface area contributed by atoms with Crippen molar-refractivity contribution >= 4 is 21.3 Å². The van der Waals surface area contributed by atoms with Gasteiger partial charge >= 0.3 is 0 Å². The molecule has 9 heteroatoms. The van der Waals surface area contributed by atoms with E-state index in [1.165, 1.54) is 4.40 Å². The highest BCUT2D eigenvalue weighted by molar-refractivity contribution is 7.90. The largest absolute Gasteiger partial charge is 0.497 e. The van der Waals surface area contributed by atoms with E-state index in [0.29, 0.717) is 31.0 Å². The maximum atomic E-state index is 13.6. The summed E-state index contributed by atoms with van der Waals surface area (Å²) >= 11 is 0. The topological polar surface area (TPSA) is 90.2 Å². The minimum absolute atomic E-state index is 0.0576. The summed E-state index contributed by atoms with van der Waals surface area (Å²) in [7, 11) is -2.02. The molecule has 0 spiro atoms. The molecule has 0 saturated carbocycles. The van der Waals surface area contributed by atoms with Crippen LogP contribution < -0.4 is 4.74 Å². The standard InChI is InChI=1S/C22H25N3O5S/c1-29-17-8-5-7-16(13-17)14-24(15-18-9-6-12-30-18)21(26)20-19-10-3-4-11-25(19)22(23-20)31(2,27)28/h3-5,7-8,10-11,13,18H,6,9,12,14-15H2,1-2H3. The van der Waals surface area contributed by atoms with Gasteiger partial charge in [-0.3, -0.25) is 9.20 Å². The summed E-state index contributed by atoms with van der Waals surface area (Å²) in [6.07, 6.45) is 4.46. The van der Waals surface area contributed by atoms with Gasteiger partial charge in [-0.05, 0) is 42.7 Å². The molecule has 0 bridgehead atoms. The number of benzene rings is 1. The molecule has 0 radical (unpaired) electrons. The fourth-order valence-corrected chi connectivity index (χ4v) is 4.60. The molecule has 1 fully saturated rings. The monoisotopic (exact) mass is 443 g/mol. The van der Waals surface area contributed by atoms with E-state index in [0.717, 1.165) is 24.7 Å². The first-order valence-electron chi connectivity index (χ1n) is 10.1. The number of sulfone groups is 1. The maximum Gasteiger partial charge on any atom is 0.275 e. The Morgan fingerprint density at radius 3 is 2.84 bits per heavy atom. The Labute approximate surface area is 181 Å². The van der Waals surface area contributed by atoms with Gasteiger partial charge in [-0.1, -0.05) is 18.2 Å². The number of fused-ring (bicyclic) bond motifs is 1. The first kappa shape index (κ1) is 21.3. The summed E-state index contributed by atoms with van der Waals surface area (Å²) in [5.74, 6) is 0.366. The van der Waals surface area contributed by atoms with Crippen molar-refractivity contribution in [1.29, 1.82) is 0 Å². The molecular formula is C22H25N3O5S. The Balaban J connectivity index is 1.73. The molecule has 1 saturated heterocycles. The minimum atomic E-state index is -3.62. The molecule has 8 nitrogen and oxygen atoms in total. The van der Waals surface area contributed by atoms with Crippen molar-refractivity contribution < 1.29 is 22.7 Å². The summed E-state index contributed by atoms with van der Waals surface area (Å²) in [4.78, 5) is 19.5. The number of hydrogen-bond donors (Lipinski definition) is 0. The molecule has 3 aromatic rings. The van der Waals surface area contributed by atoms with Crippen molar-refractivity contribution in [2.24, 2.45) is 0 Å². The van der Waals surface area contributed by atoms with Crippen molar-refractivity contribution in [3.05, 3.63) is 59.9 Å². The summed E-state index contributed by atoms with van der Waals surface area (Å²) < 4.78 is 37.0. The zero-order valence-electron chi connectivity index (χ0n) is 17.5. The lowest BCUT2D eigenvalue weighted by Gasteiger charge is -2.25. The summed E-state index contributed by atoms with van der Waals surface area (Å²) in [6.45, 7) is 1.41. The van der Waals surface area contributed by atoms with Crippen molar-refractivity contribution in [2.45, 2.75) is 30.6 Å². The van der Waals surface area contributed by atoms with Gasteiger partial charge in [-0.25, -0.2) is 13.4 Å². The van der Waals surface area contributed by atoms with Gasteiger partial charge in [0, 0.05) is 32.1 Å². The third-order valence-corrected chi connectivity index (χ3v) is 6.24. The lowest BCUT2D eigenvalue weighted by Crippen LogP contribution is -2.37. The van der Waals surface area contributed by atoms with Gasteiger partial charge in [0.05, 0.1) is 18.7 Å². The average molecular weight is 444 g/mol. The summed E-state index contributed by atoms with van der Waals surface area (Å²) in [6, 6.07) is 12.7. The van der Waals surface area contributed by atoms with Gasteiger partial charge in [0.25, 0.3) is 5.91 Å². The van der Waals surface area contributed by atoms with Gasteiger partial charge in [-0.15, -0.1) is 0 Å². The van der Waals surface area contributed by atoms with Crippen LogP contribution in [0.4, 0.5) is 0 Å². The van der Waals surface area contributed by atoms with Crippen molar-refractivity contribution in [3.63, 3.8) is 0 Å². The normalized spacial score (nSPS) is 16.5. The second kappa shape index (κ2) is 8.68. The Morgan fingerprint density at radius 1 is 1.29 bits per heavy atom. The Bertz CT molecular complexity index is 1200. The molecule has 0 N–H and O–H groups in total. The number of nitrogens with zero attached hydrogens (tertiary/aromatic N) is 3. The van der Waals surface area contributed by atoms with Crippen molar-refractivity contribution in [3.8, 4) is 5.75 Å². The number of amides is 1. The molecule has 1 unspecified atom stereocenters. The van der Waals surface area contributed by atoms with Crippen LogP contribution in [0.25, 0.3) is 5.52 Å². The van der Waals surface area contributed by atoms with Gasteiger partial charge in [0.1, 0.15) is 5.75 Å². The number of carbonyl (C=O) groups is 1. The van der Waals surface area contributed by atoms with Gasteiger partial charge in [-0.2, -0.15) is 0 Å². The van der Waals surface area contributed by atoms with E-state index in [9.17, 15) is 13.2 Å². The fourth-order valence-electron chi connectivity index (χ4n) is 3.82. The fraction of sp³-hybridized carbons (Fsp3) is 0.364. The lowest BCUT2D eigenvalue weighted by molar-refractivity contribution is 0.0504. The van der Waals surface area contributed by atoms with Crippen LogP contribution >= 0.6 is 0 Å². The molecule has 1 aliphatic heterocycles. The Kier molecular flexibility index (Phi) is 5.97. The number of aromatic nitrogens is 2. The molecule has 31 heavy (non-hydrogen) atoms. The number of hydrogen-bond acceptors (Lipinski definition) is 6. The van der Waals surface area contributed by atoms with Crippen LogP contribution in [0.15, 0.2) is 53.8 Å². The number of imidazole rings is 1. The number of pyridine rings is 1. The Morgan fingerprint density at radius 2 is 2.13 bits per heavy atom. The molecule has 164 valence electrons. The predicted molar refractivity (Wildman–Crippen MR) is 115 cm³/mol. The highest BCUT2D eigenvalue weighted by Crippen LogP contribution is 2.23. The highest BCUT2D eigenvalue weighted by atomic mass is 32.2. The van der Waals surface area contributed by atoms with E-state index in [1.54, 1.807) is 36.4 Å². The van der Waals surface area contributed by atoms with Crippen LogP contribution in [0.1, 0.15) is 28.9 Å². The number of methoxy groups -OCH3 is 1. The third kappa shape index (κ3) is 4.57. The quantitative estimate of drug-likeness (QED) is 0.558. The molecule has 3 heterocycles. The molecule has 4 rings (SSSR count). The van der Waals surface area contributed by atoms with Crippen LogP contribution in [-0.2, 0) is 21.1 Å². The SMILES string of the molecule is COc1cccc(CN(CC2CCCO2)C(=O)c2nc(S(C)(=O)=O)n3ccccc23)c1. The molecule has 1 aromatic carbocycles. The van der Waals surface area contributed by atoms with E-state index < -0.39 is 9.84 Å². The van der Waals surface area contributed by atoms with Crippen molar-refractivity contribution in [1.82, 2.24) is 14.3 Å². The molecule has 1 aliphatic rings. The van der Waals surface area contributed by atoms with Crippen LogP contribution in [0, 0.1) is 0 Å². The average Bonchev–Trinajstić information content (AvgIpc) is 3.40. The first-order valence-corrected chi connectivity index (χ1v) is 12.0. The summed E-state index contributed by atoms with van der Waals surface area (Å²) in [5.41, 5.74) is 1.47. The predicted octanol–water partition coefficient (Wildman–Crippen LogP) is 2.57. The van der Waals surface area contributed by atoms with Gasteiger partial charge in [0.2, 0.25) is 15.0 Å². The van der Waals surface area contributed by atoms with Gasteiger partial charge < -0.3 is 14.4 Å². The third-order valence-electron chi connectivity index (χ3n) is 5.29. The zero-order valence-corrected chi connectivity index (χ0v) is 18.3. The number of ether oxygens (including phenoxy) is 2. The van der Waals surface area contributed by atoms with Crippen molar-refractivity contribution in [2.75, 3.05) is 26.5 Å². The zero-order chi connectivity index (χ0) is 22.0. The molecule has 0 aliphatic carbocycles. The van der Waals surface area contributed by atoms with Crippen LogP contribution in [-0.4, -0.2) is 61.2 Å². The smallest absolute Gasteiger partial charge is 0.275 e. The van der Waals surface area contributed by atoms with Crippen LogP contribution in [0.2, 0.25) is 0 Å². The molecular weight excluding hydrogens is 418 g/mol. The van der Waals surface area contributed by atoms with Crippen LogP contribution in [0.5, 0.6) is 5.75 Å². The number of rotatable bonds is 7. The maximum absolute atomic E-state index is 13.6. The first-order chi connectivity index (χ1) is 14.9. The van der Waals surface area contributed by atoms with E-state index in [-0.39, 0.29) is 22.9 Å². The minimum Gasteiger partial charge on any atom is -0.497 e. The second-order valence-corrected chi connectivity index (χ2v) is 9.55. The number of carbonyl (C=O) groups excluding carboxylic acids is 1.